The van der Waals surface area contributed by atoms with Crippen LogP contribution in [0.25, 0.3) is 11.0 Å². The topological polar surface area (TPSA) is 56.6 Å². The standard InChI is InChI=1S/C30H31N3O3/c1-4-7-22-12-15-27(28(18-22)35-3)36-17-16-32-26-9-6-5-8-25(26)31-30(32)23-19-29(34)33(20-23)24-13-10-21(2)11-14-24/h4-6,8-15,18,23H,1,7,16-17,19-20H2,2-3H3/t23-/m0/s1. The zero-order valence-electron chi connectivity index (χ0n) is 20.8. The second-order valence-electron chi connectivity index (χ2n) is 9.18. The van der Waals surface area contributed by atoms with Crippen molar-refractivity contribution in [3.63, 3.8) is 0 Å². The Hall–Kier alpha value is -4.06. The monoisotopic (exact) mass is 481 g/mol. The third-order valence-electron chi connectivity index (χ3n) is 6.70. The van der Waals surface area contributed by atoms with Crippen LogP contribution in [0.2, 0.25) is 0 Å². The Kier molecular flexibility index (Phi) is 6.76. The minimum atomic E-state index is 0.0129. The molecular formula is C30H31N3O3. The summed E-state index contributed by atoms with van der Waals surface area (Å²) in [6.45, 7) is 7.53. The predicted octanol–water partition coefficient (Wildman–Crippen LogP) is 5.68. The van der Waals surface area contributed by atoms with Crippen molar-refractivity contribution in [3.05, 3.63) is 96.3 Å². The summed E-state index contributed by atoms with van der Waals surface area (Å²) in [4.78, 5) is 19.8. The lowest BCUT2D eigenvalue weighted by molar-refractivity contribution is -0.117. The van der Waals surface area contributed by atoms with Crippen molar-refractivity contribution in [2.45, 2.75) is 32.2 Å². The molecule has 0 bridgehead atoms. The Morgan fingerprint density at radius 2 is 1.89 bits per heavy atom. The first-order chi connectivity index (χ1) is 17.6. The maximum absolute atomic E-state index is 13.0. The number of carbonyl (C=O) groups is 1. The molecule has 3 aromatic carbocycles. The van der Waals surface area contributed by atoms with Crippen LogP contribution < -0.4 is 14.4 Å². The largest absolute Gasteiger partial charge is 0.493 e. The van der Waals surface area contributed by atoms with Gasteiger partial charge in [-0.2, -0.15) is 0 Å². The molecule has 0 unspecified atom stereocenters. The fourth-order valence-corrected chi connectivity index (χ4v) is 4.87. The molecule has 1 saturated heterocycles. The molecule has 1 aliphatic heterocycles. The van der Waals surface area contributed by atoms with Crippen LogP contribution in [0.1, 0.15) is 29.3 Å². The number of anilines is 1. The van der Waals surface area contributed by atoms with Crippen molar-refractivity contribution in [1.29, 1.82) is 0 Å². The number of aromatic nitrogens is 2. The lowest BCUT2D eigenvalue weighted by atomic mass is 10.1. The van der Waals surface area contributed by atoms with Crippen molar-refractivity contribution in [2.75, 3.05) is 25.2 Å². The number of para-hydroxylation sites is 2. The van der Waals surface area contributed by atoms with Crippen molar-refractivity contribution in [3.8, 4) is 11.5 Å². The highest BCUT2D eigenvalue weighted by Crippen LogP contribution is 2.34. The number of benzene rings is 3. The van der Waals surface area contributed by atoms with E-state index in [-0.39, 0.29) is 11.8 Å². The Morgan fingerprint density at radius 3 is 2.67 bits per heavy atom. The van der Waals surface area contributed by atoms with Gasteiger partial charge in [-0.15, -0.1) is 6.58 Å². The number of hydrogen-bond donors (Lipinski definition) is 0. The number of rotatable bonds is 9. The molecule has 0 saturated carbocycles. The molecule has 5 rings (SSSR count). The van der Waals surface area contributed by atoms with E-state index in [2.05, 4.69) is 17.2 Å². The second kappa shape index (κ2) is 10.3. The Labute approximate surface area is 211 Å². The van der Waals surface area contributed by atoms with Gasteiger partial charge in [-0.25, -0.2) is 4.98 Å². The summed E-state index contributed by atoms with van der Waals surface area (Å²) in [6, 6.07) is 22.2. The maximum Gasteiger partial charge on any atom is 0.227 e. The molecule has 1 aromatic heterocycles. The van der Waals surface area contributed by atoms with Gasteiger partial charge >= 0.3 is 0 Å². The van der Waals surface area contributed by atoms with Crippen LogP contribution in [0.5, 0.6) is 11.5 Å². The molecule has 6 heteroatoms. The first-order valence-electron chi connectivity index (χ1n) is 12.3. The van der Waals surface area contributed by atoms with E-state index in [1.165, 1.54) is 5.56 Å². The van der Waals surface area contributed by atoms with E-state index in [1.54, 1.807) is 7.11 Å². The summed E-state index contributed by atoms with van der Waals surface area (Å²) >= 11 is 0. The van der Waals surface area contributed by atoms with E-state index in [0.29, 0.717) is 37.6 Å². The van der Waals surface area contributed by atoms with Crippen LogP contribution in [0.4, 0.5) is 5.69 Å². The van der Waals surface area contributed by atoms with Gasteiger partial charge in [-0.1, -0.05) is 42.0 Å². The first-order valence-corrected chi connectivity index (χ1v) is 12.3. The SMILES string of the molecule is C=CCc1ccc(OCCn2c([C@H]3CC(=O)N(c4ccc(C)cc4)C3)nc3ccccc32)c(OC)c1. The molecule has 2 heterocycles. The van der Waals surface area contributed by atoms with Gasteiger partial charge in [0.2, 0.25) is 5.91 Å². The number of nitrogens with zero attached hydrogens (tertiary/aromatic N) is 3. The lowest BCUT2D eigenvalue weighted by Gasteiger charge is -2.18. The summed E-state index contributed by atoms with van der Waals surface area (Å²) in [5.74, 6) is 2.48. The number of aryl methyl sites for hydroxylation is 1. The lowest BCUT2D eigenvalue weighted by Crippen LogP contribution is -2.24. The minimum Gasteiger partial charge on any atom is -0.493 e. The highest BCUT2D eigenvalue weighted by Gasteiger charge is 2.34. The van der Waals surface area contributed by atoms with Crippen molar-refractivity contribution in [1.82, 2.24) is 9.55 Å². The number of amides is 1. The van der Waals surface area contributed by atoms with Crippen molar-refractivity contribution < 1.29 is 14.3 Å². The Morgan fingerprint density at radius 1 is 1.08 bits per heavy atom. The Balaban J connectivity index is 1.37. The summed E-state index contributed by atoms with van der Waals surface area (Å²) in [5, 5.41) is 0. The van der Waals surface area contributed by atoms with E-state index in [0.717, 1.165) is 34.5 Å². The smallest absolute Gasteiger partial charge is 0.227 e. The van der Waals surface area contributed by atoms with E-state index in [9.17, 15) is 4.79 Å². The average Bonchev–Trinajstić information content (AvgIpc) is 3.46. The molecule has 0 spiro atoms. The zero-order valence-corrected chi connectivity index (χ0v) is 20.8. The van der Waals surface area contributed by atoms with Gasteiger partial charge in [-0.05, 0) is 55.3 Å². The van der Waals surface area contributed by atoms with Gasteiger partial charge in [0.25, 0.3) is 0 Å². The number of imidazole rings is 1. The molecule has 36 heavy (non-hydrogen) atoms. The molecule has 1 atom stereocenters. The van der Waals surface area contributed by atoms with Gasteiger partial charge in [0.15, 0.2) is 11.5 Å². The number of carbonyl (C=O) groups excluding carboxylic acids is 1. The molecule has 0 radical (unpaired) electrons. The van der Waals surface area contributed by atoms with Gasteiger partial charge < -0.3 is 18.9 Å². The number of hydrogen-bond acceptors (Lipinski definition) is 4. The first kappa shape index (κ1) is 23.7. The molecule has 6 nitrogen and oxygen atoms in total. The molecule has 0 N–H and O–H groups in total. The minimum absolute atomic E-state index is 0.0129. The van der Waals surface area contributed by atoms with Gasteiger partial charge in [-0.3, -0.25) is 4.79 Å². The van der Waals surface area contributed by atoms with E-state index in [4.69, 9.17) is 14.5 Å². The van der Waals surface area contributed by atoms with Crippen LogP contribution in [0, 0.1) is 6.92 Å². The molecule has 1 fully saturated rings. The fraction of sp³-hybridized carbons (Fsp3) is 0.267. The molecule has 1 aliphatic rings. The van der Waals surface area contributed by atoms with Crippen molar-refractivity contribution >= 4 is 22.6 Å². The summed E-state index contributed by atoms with van der Waals surface area (Å²) < 4.78 is 13.9. The normalized spacial score (nSPS) is 15.4. The van der Waals surface area contributed by atoms with Crippen molar-refractivity contribution in [2.24, 2.45) is 0 Å². The van der Waals surface area contributed by atoms with Gasteiger partial charge in [0.05, 0.1) is 24.7 Å². The van der Waals surface area contributed by atoms with E-state index >= 15 is 0 Å². The Bertz CT molecular complexity index is 1390. The number of ether oxygens (including phenoxy) is 2. The van der Waals surface area contributed by atoms with Crippen LogP contribution >= 0.6 is 0 Å². The number of allylic oxidation sites excluding steroid dienone is 1. The summed E-state index contributed by atoms with van der Waals surface area (Å²) in [5.41, 5.74) is 5.22. The molecule has 184 valence electrons. The quantitative estimate of drug-likeness (QED) is 0.289. The maximum atomic E-state index is 13.0. The van der Waals surface area contributed by atoms with Crippen LogP contribution in [0.15, 0.2) is 79.4 Å². The second-order valence-corrected chi connectivity index (χ2v) is 9.18. The average molecular weight is 482 g/mol. The van der Waals surface area contributed by atoms with E-state index < -0.39 is 0 Å². The third-order valence-corrected chi connectivity index (χ3v) is 6.70. The number of methoxy groups -OCH3 is 1. The highest BCUT2D eigenvalue weighted by atomic mass is 16.5. The predicted molar refractivity (Wildman–Crippen MR) is 143 cm³/mol. The highest BCUT2D eigenvalue weighted by molar-refractivity contribution is 5.96. The summed E-state index contributed by atoms with van der Waals surface area (Å²) in [7, 11) is 1.65. The summed E-state index contributed by atoms with van der Waals surface area (Å²) in [6.07, 6.45) is 3.09. The van der Waals surface area contributed by atoms with Gasteiger partial charge in [0, 0.05) is 24.6 Å². The van der Waals surface area contributed by atoms with Crippen LogP contribution in [0.3, 0.4) is 0 Å². The van der Waals surface area contributed by atoms with E-state index in [1.807, 2.05) is 78.6 Å². The molecule has 4 aromatic rings. The zero-order chi connectivity index (χ0) is 25.1. The van der Waals surface area contributed by atoms with Crippen LogP contribution in [-0.2, 0) is 17.8 Å². The number of fused-ring (bicyclic) bond motifs is 1. The third kappa shape index (κ3) is 4.71. The molecule has 0 aliphatic carbocycles. The van der Waals surface area contributed by atoms with Gasteiger partial charge in [0.1, 0.15) is 12.4 Å². The van der Waals surface area contributed by atoms with Crippen LogP contribution in [-0.4, -0.2) is 35.7 Å². The molecule has 1 amide bonds. The molecular weight excluding hydrogens is 450 g/mol. The fourth-order valence-electron chi connectivity index (χ4n) is 4.87.